The monoisotopic (exact) mass is 352 g/mol. The van der Waals surface area contributed by atoms with Crippen molar-refractivity contribution < 1.29 is 0 Å². The zero-order chi connectivity index (χ0) is 16.9. The molecule has 0 radical (unpaired) electrons. The van der Waals surface area contributed by atoms with E-state index in [0.717, 1.165) is 49.1 Å². The van der Waals surface area contributed by atoms with Gasteiger partial charge in [-0.2, -0.15) is 9.47 Å². The smallest absolute Gasteiger partial charge is 0.202 e. The van der Waals surface area contributed by atoms with Crippen molar-refractivity contribution in [2.24, 2.45) is 0 Å². The lowest BCUT2D eigenvalue weighted by atomic mass is 10.1. The minimum atomic E-state index is 0.436. The Bertz CT molecular complexity index is 784. The quantitative estimate of drug-likeness (QED) is 0.761. The highest BCUT2D eigenvalue weighted by Gasteiger charge is 2.21. The van der Waals surface area contributed by atoms with Crippen molar-refractivity contribution in [2.75, 3.05) is 23.3 Å². The first kappa shape index (κ1) is 16.0. The van der Waals surface area contributed by atoms with Gasteiger partial charge in [-0.15, -0.1) is 5.10 Å². The Kier molecular flexibility index (Phi) is 4.83. The highest BCUT2D eigenvalue weighted by atomic mass is 32.1. The third-order valence-corrected chi connectivity index (χ3v) is 5.06. The molecule has 4 rings (SSSR count). The minimum Gasteiger partial charge on any atom is -0.357 e. The van der Waals surface area contributed by atoms with Gasteiger partial charge in [-0.25, -0.2) is 4.98 Å². The van der Waals surface area contributed by atoms with Gasteiger partial charge in [-0.3, -0.25) is 0 Å². The lowest BCUT2D eigenvalue weighted by Crippen LogP contribution is -2.39. The summed E-state index contributed by atoms with van der Waals surface area (Å²) in [5.41, 5.74) is 1.24. The Morgan fingerprint density at radius 3 is 2.68 bits per heavy atom. The molecule has 0 unspecified atom stereocenters. The van der Waals surface area contributed by atoms with Gasteiger partial charge in [-0.05, 0) is 30.5 Å². The van der Waals surface area contributed by atoms with Crippen LogP contribution in [0.4, 0.5) is 10.9 Å². The van der Waals surface area contributed by atoms with Gasteiger partial charge in [0.15, 0.2) is 5.82 Å². The Morgan fingerprint density at radius 1 is 1.08 bits per heavy atom. The van der Waals surface area contributed by atoms with Crippen molar-refractivity contribution in [1.82, 2.24) is 19.6 Å². The highest BCUT2D eigenvalue weighted by molar-refractivity contribution is 7.09. The molecule has 1 aliphatic heterocycles. The third kappa shape index (κ3) is 4.11. The van der Waals surface area contributed by atoms with Crippen LogP contribution in [0.1, 0.15) is 24.2 Å². The molecule has 6 nitrogen and oxygen atoms in total. The summed E-state index contributed by atoms with van der Waals surface area (Å²) in [5, 5.41) is 12.6. The average molecular weight is 352 g/mol. The summed E-state index contributed by atoms with van der Waals surface area (Å²) in [6, 6.07) is 14.7. The Labute approximate surface area is 151 Å². The fourth-order valence-electron chi connectivity index (χ4n) is 3.05. The molecular weight excluding hydrogens is 332 g/mol. The summed E-state index contributed by atoms with van der Waals surface area (Å²) >= 11 is 1.45. The van der Waals surface area contributed by atoms with Crippen molar-refractivity contribution in [1.29, 1.82) is 0 Å². The Morgan fingerprint density at radius 2 is 1.92 bits per heavy atom. The van der Waals surface area contributed by atoms with Gasteiger partial charge < -0.3 is 10.2 Å². The van der Waals surface area contributed by atoms with Gasteiger partial charge in [-0.1, -0.05) is 30.3 Å². The summed E-state index contributed by atoms with van der Waals surface area (Å²) in [5.74, 6) is 1.85. The van der Waals surface area contributed by atoms with Gasteiger partial charge in [0.1, 0.15) is 5.82 Å². The first-order valence-electron chi connectivity index (χ1n) is 8.52. The second kappa shape index (κ2) is 7.57. The van der Waals surface area contributed by atoms with Gasteiger partial charge in [0.25, 0.3) is 0 Å². The second-order valence-electron chi connectivity index (χ2n) is 6.17. The Hall–Kier alpha value is -2.54. The fraction of sp³-hybridized carbons (Fsp3) is 0.333. The number of benzene rings is 1. The van der Waals surface area contributed by atoms with E-state index in [1.807, 2.05) is 30.3 Å². The fourth-order valence-corrected chi connectivity index (χ4v) is 3.72. The van der Waals surface area contributed by atoms with E-state index < -0.39 is 0 Å². The first-order chi connectivity index (χ1) is 12.4. The molecule has 1 aliphatic rings. The lowest BCUT2D eigenvalue weighted by Gasteiger charge is -2.32. The maximum atomic E-state index is 4.64. The van der Waals surface area contributed by atoms with Crippen molar-refractivity contribution in [2.45, 2.75) is 25.3 Å². The van der Waals surface area contributed by atoms with E-state index in [0.29, 0.717) is 6.04 Å². The van der Waals surface area contributed by atoms with Crippen molar-refractivity contribution in [3.8, 4) is 0 Å². The van der Waals surface area contributed by atoms with Crippen LogP contribution in [0.25, 0.3) is 0 Å². The molecule has 128 valence electrons. The van der Waals surface area contributed by atoms with E-state index in [1.54, 1.807) is 6.20 Å². The predicted octanol–water partition coefficient (Wildman–Crippen LogP) is 3.00. The van der Waals surface area contributed by atoms with Crippen LogP contribution in [0, 0.1) is 0 Å². The topological polar surface area (TPSA) is 66.8 Å². The molecule has 1 fully saturated rings. The number of piperidine rings is 1. The maximum absolute atomic E-state index is 4.64. The molecule has 0 spiro atoms. The van der Waals surface area contributed by atoms with Crippen LogP contribution in [0.15, 0.2) is 48.7 Å². The van der Waals surface area contributed by atoms with Crippen LogP contribution in [-0.4, -0.2) is 38.7 Å². The molecule has 0 bridgehead atoms. The molecule has 0 aliphatic carbocycles. The van der Waals surface area contributed by atoms with Gasteiger partial charge in [0.2, 0.25) is 5.13 Å². The molecule has 1 saturated heterocycles. The Balaban J connectivity index is 1.30. The van der Waals surface area contributed by atoms with E-state index in [1.165, 1.54) is 17.1 Å². The minimum absolute atomic E-state index is 0.436. The first-order valence-corrected chi connectivity index (χ1v) is 9.30. The lowest BCUT2D eigenvalue weighted by molar-refractivity contribution is 0.522. The predicted molar refractivity (Wildman–Crippen MR) is 100 cm³/mol. The van der Waals surface area contributed by atoms with E-state index in [9.17, 15) is 0 Å². The van der Waals surface area contributed by atoms with E-state index in [4.69, 9.17) is 0 Å². The average Bonchev–Trinajstić information content (AvgIpc) is 3.11. The van der Waals surface area contributed by atoms with Gasteiger partial charge in [0.05, 0.1) is 0 Å². The van der Waals surface area contributed by atoms with Crippen LogP contribution in [0.2, 0.25) is 0 Å². The molecule has 1 N–H and O–H groups in total. The molecule has 0 atom stereocenters. The summed E-state index contributed by atoms with van der Waals surface area (Å²) in [4.78, 5) is 6.92. The number of nitrogens with one attached hydrogen (secondary N) is 1. The number of nitrogens with zero attached hydrogens (tertiary/aromatic N) is 5. The van der Waals surface area contributed by atoms with Crippen LogP contribution in [-0.2, 0) is 6.42 Å². The number of hydrogen-bond donors (Lipinski definition) is 1. The van der Waals surface area contributed by atoms with Crippen LogP contribution in [0.3, 0.4) is 0 Å². The number of aromatic nitrogens is 4. The van der Waals surface area contributed by atoms with Crippen LogP contribution >= 0.6 is 11.5 Å². The third-order valence-electron chi connectivity index (χ3n) is 4.38. The van der Waals surface area contributed by atoms with E-state index in [-0.39, 0.29) is 0 Å². The zero-order valence-electron chi connectivity index (χ0n) is 13.9. The normalized spacial score (nSPS) is 15.3. The molecule has 0 amide bonds. The molecule has 3 aromatic rings. The summed E-state index contributed by atoms with van der Waals surface area (Å²) < 4.78 is 4.48. The second-order valence-corrected chi connectivity index (χ2v) is 6.92. The summed E-state index contributed by atoms with van der Waals surface area (Å²) in [7, 11) is 0. The summed E-state index contributed by atoms with van der Waals surface area (Å²) in [6.07, 6.45) is 4.61. The molecular formula is C18H20N6S. The summed E-state index contributed by atoms with van der Waals surface area (Å²) in [6.45, 7) is 1.96. The molecule has 25 heavy (non-hydrogen) atoms. The molecule has 0 saturated carbocycles. The van der Waals surface area contributed by atoms with Crippen molar-refractivity contribution in [3.05, 3.63) is 60.0 Å². The van der Waals surface area contributed by atoms with Gasteiger partial charge in [0, 0.05) is 43.3 Å². The number of rotatable bonds is 5. The van der Waals surface area contributed by atoms with Crippen LogP contribution in [0.5, 0.6) is 0 Å². The molecule has 2 aromatic heterocycles. The molecule has 7 heteroatoms. The zero-order valence-corrected chi connectivity index (χ0v) is 14.7. The maximum Gasteiger partial charge on any atom is 0.202 e. The molecule has 1 aromatic carbocycles. The van der Waals surface area contributed by atoms with Gasteiger partial charge >= 0.3 is 0 Å². The largest absolute Gasteiger partial charge is 0.357 e. The standard InChI is InChI=1S/C18H20N6S/c1-2-5-14(6-3-1)13-16-21-18(25-23-16)20-15-8-11-24(12-9-15)17-7-4-10-19-22-17/h1-7,10,15H,8-9,11-13H2,(H,20,21,23). The van der Waals surface area contributed by atoms with E-state index >= 15 is 0 Å². The van der Waals surface area contributed by atoms with E-state index in [2.05, 4.69) is 41.9 Å². The molecule has 3 heterocycles. The van der Waals surface area contributed by atoms with Crippen molar-refractivity contribution in [3.63, 3.8) is 0 Å². The SMILES string of the molecule is c1ccc(Cc2nsc(NC3CCN(c4cccnn4)CC3)n2)cc1. The van der Waals surface area contributed by atoms with Crippen LogP contribution < -0.4 is 10.2 Å². The number of anilines is 2. The van der Waals surface area contributed by atoms with Crippen molar-refractivity contribution >= 4 is 22.5 Å². The number of hydrogen-bond acceptors (Lipinski definition) is 7. The highest BCUT2D eigenvalue weighted by Crippen LogP contribution is 2.21.